The Balaban J connectivity index is 2.95. The highest BCUT2D eigenvalue weighted by molar-refractivity contribution is 9.10. The van der Waals surface area contributed by atoms with E-state index in [1.807, 2.05) is 18.2 Å². The van der Waals surface area contributed by atoms with Crippen molar-refractivity contribution in [2.24, 2.45) is 0 Å². The summed E-state index contributed by atoms with van der Waals surface area (Å²) >= 11 is 3.40. The largest absolute Gasteiger partial charge is 0.460 e. The molecule has 0 spiro atoms. The summed E-state index contributed by atoms with van der Waals surface area (Å²) in [5, 5.41) is 2.08. The third kappa shape index (κ3) is 0.762. The molecule has 1 nitrogen and oxygen atoms in total. The number of hydrogen-bond acceptors (Lipinski definition) is 1. The first-order chi connectivity index (χ1) is 4.88. The highest BCUT2D eigenvalue weighted by atomic mass is 79.9. The third-order valence-corrected chi connectivity index (χ3v) is 2.09. The number of hydrogen-bond donors (Lipinski definition) is 0. The molecule has 0 fully saturated rings. The Morgan fingerprint density at radius 2 is 2.30 bits per heavy atom. The van der Waals surface area contributed by atoms with Crippen LogP contribution in [0.3, 0.4) is 0 Å². The summed E-state index contributed by atoms with van der Waals surface area (Å²) in [5.41, 5.74) is 0. The molecule has 0 aliphatic heterocycles. The van der Waals surface area contributed by atoms with Gasteiger partial charge in [0.2, 0.25) is 0 Å². The van der Waals surface area contributed by atoms with Gasteiger partial charge < -0.3 is 4.42 Å². The summed E-state index contributed by atoms with van der Waals surface area (Å²) in [4.78, 5) is 0. The lowest BCUT2D eigenvalue weighted by Gasteiger charge is -1.88. The van der Waals surface area contributed by atoms with E-state index in [9.17, 15) is 0 Å². The maximum absolute atomic E-state index is 4.89. The molecule has 0 aliphatic carbocycles. The number of fused-ring (bicyclic) bond motifs is 1. The van der Waals surface area contributed by atoms with Crippen LogP contribution < -0.4 is 0 Å². The van der Waals surface area contributed by atoms with Gasteiger partial charge in [0.05, 0.1) is 0 Å². The Morgan fingerprint density at radius 1 is 1.40 bits per heavy atom. The van der Waals surface area contributed by atoms with Crippen LogP contribution in [0.2, 0.25) is 0 Å². The van der Waals surface area contributed by atoms with Crippen molar-refractivity contribution in [2.45, 2.75) is 0 Å². The van der Waals surface area contributed by atoms with Crippen molar-refractivity contribution in [2.75, 3.05) is 0 Å². The van der Waals surface area contributed by atoms with E-state index in [4.69, 9.17) is 4.42 Å². The molecule has 0 aliphatic rings. The van der Waals surface area contributed by atoms with Gasteiger partial charge in [0, 0.05) is 15.2 Å². The lowest BCUT2D eigenvalue weighted by atomic mass is 10.2. The van der Waals surface area contributed by atoms with Gasteiger partial charge >= 0.3 is 0 Å². The smallest absolute Gasteiger partial charge is 0.177 e. The normalized spacial score (nSPS) is 10.5. The van der Waals surface area contributed by atoms with Crippen LogP contribution in [0.5, 0.6) is 0 Å². The van der Waals surface area contributed by atoms with Crippen molar-refractivity contribution in [1.82, 2.24) is 0 Å². The van der Waals surface area contributed by atoms with Crippen molar-refractivity contribution < 1.29 is 4.42 Å². The van der Waals surface area contributed by atoms with Gasteiger partial charge in [-0.05, 0) is 6.07 Å². The lowest BCUT2D eigenvalue weighted by Crippen LogP contribution is -1.64. The summed E-state index contributed by atoms with van der Waals surface area (Å²) in [6, 6.07) is 5.90. The zero-order valence-corrected chi connectivity index (χ0v) is 6.68. The molecule has 0 saturated heterocycles. The van der Waals surface area contributed by atoms with Crippen molar-refractivity contribution in [1.29, 1.82) is 0 Å². The maximum Gasteiger partial charge on any atom is 0.177 e. The second kappa shape index (κ2) is 2.13. The van der Waals surface area contributed by atoms with E-state index in [0.29, 0.717) is 0 Å². The van der Waals surface area contributed by atoms with Crippen LogP contribution in [0.1, 0.15) is 0 Å². The zero-order valence-electron chi connectivity index (χ0n) is 5.10. The predicted molar refractivity (Wildman–Crippen MR) is 42.8 cm³/mol. The van der Waals surface area contributed by atoms with E-state index < -0.39 is 0 Å². The highest BCUT2D eigenvalue weighted by Gasteiger charge is 1.97. The zero-order chi connectivity index (χ0) is 6.97. The molecule has 0 atom stereocenters. The van der Waals surface area contributed by atoms with Crippen LogP contribution in [-0.2, 0) is 0 Å². The van der Waals surface area contributed by atoms with Gasteiger partial charge in [-0.3, -0.25) is 0 Å². The van der Waals surface area contributed by atoms with Gasteiger partial charge in [-0.2, -0.15) is 0 Å². The molecular formula is C8H4BrO. The Morgan fingerprint density at radius 3 is 3.10 bits per heavy atom. The molecule has 2 rings (SSSR count). The summed E-state index contributed by atoms with van der Waals surface area (Å²) in [6.45, 7) is 0. The molecule has 0 N–H and O–H groups in total. The standard InChI is InChI=1S/C8H4BrO/c9-8-3-1-2-6-4-10-5-7(6)8/h1-3,5H. The molecule has 2 heteroatoms. The second-order valence-corrected chi connectivity index (χ2v) is 2.89. The summed E-state index contributed by atoms with van der Waals surface area (Å²) in [5.74, 6) is 0. The number of rotatable bonds is 0. The quantitative estimate of drug-likeness (QED) is 0.631. The van der Waals surface area contributed by atoms with Crippen LogP contribution in [0.25, 0.3) is 10.8 Å². The van der Waals surface area contributed by atoms with Crippen molar-refractivity contribution in [3.8, 4) is 0 Å². The first-order valence-electron chi connectivity index (χ1n) is 2.91. The third-order valence-electron chi connectivity index (χ3n) is 1.40. The number of furan rings is 1. The molecule has 10 heavy (non-hydrogen) atoms. The molecule has 0 unspecified atom stereocenters. The Kier molecular flexibility index (Phi) is 1.27. The number of benzene rings is 1. The molecule has 0 bridgehead atoms. The topological polar surface area (TPSA) is 13.1 Å². The Bertz CT molecular complexity index is 351. The van der Waals surface area contributed by atoms with Crippen LogP contribution in [0.15, 0.2) is 33.4 Å². The minimum atomic E-state index is 1.01. The fraction of sp³-hybridized carbons (Fsp3) is 0. The average Bonchev–Trinajstić information content (AvgIpc) is 2.36. The fourth-order valence-electron chi connectivity index (χ4n) is 0.898. The van der Waals surface area contributed by atoms with Gasteiger partial charge in [-0.15, -0.1) is 0 Å². The van der Waals surface area contributed by atoms with Gasteiger partial charge in [-0.1, -0.05) is 28.1 Å². The van der Waals surface area contributed by atoms with Gasteiger partial charge in [0.1, 0.15) is 6.26 Å². The maximum atomic E-state index is 4.89. The second-order valence-electron chi connectivity index (χ2n) is 2.04. The predicted octanol–water partition coefficient (Wildman–Crippen LogP) is 3.00. The van der Waals surface area contributed by atoms with Crippen molar-refractivity contribution in [3.05, 3.63) is 35.2 Å². The first-order valence-corrected chi connectivity index (χ1v) is 3.70. The SMILES string of the molecule is Brc1cccc2[c]occ12. The molecule has 1 aromatic carbocycles. The van der Waals surface area contributed by atoms with E-state index in [0.717, 1.165) is 15.2 Å². The molecule has 1 radical (unpaired) electrons. The summed E-state index contributed by atoms with van der Waals surface area (Å²) in [6.07, 6.45) is 4.44. The lowest BCUT2D eigenvalue weighted by molar-refractivity contribution is 0.563. The van der Waals surface area contributed by atoms with E-state index in [2.05, 4.69) is 22.2 Å². The summed E-state index contributed by atoms with van der Waals surface area (Å²) in [7, 11) is 0. The Hall–Kier alpha value is -0.760. The van der Waals surface area contributed by atoms with Crippen LogP contribution in [0.4, 0.5) is 0 Å². The van der Waals surface area contributed by atoms with Crippen molar-refractivity contribution >= 4 is 26.7 Å². The molecule has 2 aromatic rings. The Labute approximate surface area is 66.8 Å². The number of halogens is 1. The van der Waals surface area contributed by atoms with Crippen molar-refractivity contribution in [3.63, 3.8) is 0 Å². The van der Waals surface area contributed by atoms with E-state index in [1.165, 1.54) is 0 Å². The highest BCUT2D eigenvalue weighted by Crippen LogP contribution is 2.23. The van der Waals surface area contributed by atoms with Gasteiger partial charge in [-0.25, -0.2) is 0 Å². The van der Waals surface area contributed by atoms with Crippen LogP contribution in [-0.4, -0.2) is 0 Å². The minimum Gasteiger partial charge on any atom is -0.460 e. The molecule has 0 saturated carbocycles. The molecular weight excluding hydrogens is 192 g/mol. The average molecular weight is 196 g/mol. The van der Waals surface area contributed by atoms with E-state index >= 15 is 0 Å². The first kappa shape index (κ1) is 5.98. The van der Waals surface area contributed by atoms with E-state index in [-0.39, 0.29) is 0 Å². The van der Waals surface area contributed by atoms with Gasteiger partial charge in [0.15, 0.2) is 6.26 Å². The minimum absolute atomic E-state index is 1.01. The van der Waals surface area contributed by atoms with Crippen LogP contribution in [0, 0.1) is 6.26 Å². The molecule has 1 heterocycles. The van der Waals surface area contributed by atoms with E-state index in [1.54, 1.807) is 6.26 Å². The monoisotopic (exact) mass is 195 g/mol. The van der Waals surface area contributed by atoms with Crippen LogP contribution >= 0.6 is 15.9 Å². The summed E-state index contributed by atoms with van der Waals surface area (Å²) < 4.78 is 5.94. The molecule has 0 amide bonds. The molecule has 49 valence electrons. The van der Waals surface area contributed by atoms with Gasteiger partial charge in [0.25, 0.3) is 0 Å². The fourth-order valence-corrected chi connectivity index (χ4v) is 1.36. The molecule has 1 aromatic heterocycles.